The Kier molecular flexibility index (Phi) is 2.68. The van der Waals surface area contributed by atoms with Gasteiger partial charge in [-0.15, -0.1) is 0 Å². The van der Waals surface area contributed by atoms with Crippen LogP contribution in [-0.4, -0.2) is 5.78 Å². The maximum Gasteiger partial charge on any atom is 0.202 e. The van der Waals surface area contributed by atoms with Crippen molar-refractivity contribution >= 4 is 23.2 Å². The van der Waals surface area contributed by atoms with Gasteiger partial charge in [0.1, 0.15) is 0 Å². The van der Waals surface area contributed by atoms with Crippen LogP contribution in [0.3, 0.4) is 0 Å². The van der Waals surface area contributed by atoms with E-state index >= 15 is 0 Å². The van der Waals surface area contributed by atoms with Crippen LogP contribution in [0.25, 0.3) is 5.70 Å². The highest BCUT2D eigenvalue weighted by atomic mass is 32.2. The zero-order valence-electron chi connectivity index (χ0n) is 9.59. The Bertz CT molecular complexity index is 647. The first kappa shape index (κ1) is 11.1. The first-order chi connectivity index (χ1) is 8.77. The van der Waals surface area contributed by atoms with Gasteiger partial charge in [-0.3, -0.25) is 4.79 Å². The molecule has 88 valence electrons. The summed E-state index contributed by atoms with van der Waals surface area (Å²) in [6.07, 6.45) is 0. The van der Waals surface area contributed by atoms with Crippen molar-refractivity contribution in [3.8, 4) is 0 Å². The zero-order valence-corrected chi connectivity index (χ0v) is 10.4. The van der Waals surface area contributed by atoms with Crippen molar-refractivity contribution in [2.45, 2.75) is 4.90 Å². The summed E-state index contributed by atoms with van der Waals surface area (Å²) in [6, 6.07) is 17.2. The van der Waals surface area contributed by atoms with Crippen LogP contribution < -0.4 is 5.73 Å². The lowest BCUT2D eigenvalue weighted by atomic mass is 10.1. The second-order valence-electron chi connectivity index (χ2n) is 4.04. The molecule has 2 aromatic rings. The SMILES string of the molecule is N/C(=C1/Sc2ccccc2C1=O)c1ccccc1. The van der Waals surface area contributed by atoms with Gasteiger partial charge in [0.05, 0.1) is 10.6 Å². The van der Waals surface area contributed by atoms with Gasteiger partial charge in [0.2, 0.25) is 5.78 Å². The molecule has 0 aliphatic carbocycles. The fraction of sp³-hybridized carbons (Fsp3) is 0. The fourth-order valence-corrected chi connectivity index (χ4v) is 3.02. The van der Waals surface area contributed by atoms with Crippen molar-refractivity contribution < 1.29 is 4.79 Å². The summed E-state index contributed by atoms with van der Waals surface area (Å²) in [7, 11) is 0. The van der Waals surface area contributed by atoms with Gasteiger partial charge >= 0.3 is 0 Å². The number of hydrogen-bond donors (Lipinski definition) is 1. The number of rotatable bonds is 1. The number of thioether (sulfide) groups is 1. The zero-order chi connectivity index (χ0) is 12.5. The van der Waals surface area contributed by atoms with Crippen LogP contribution in [0.2, 0.25) is 0 Å². The quantitative estimate of drug-likeness (QED) is 0.793. The van der Waals surface area contributed by atoms with Gasteiger partial charge in [-0.25, -0.2) is 0 Å². The summed E-state index contributed by atoms with van der Waals surface area (Å²) in [4.78, 5) is 13.9. The molecular formula is C15H11NOS. The maximum absolute atomic E-state index is 12.3. The van der Waals surface area contributed by atoms with Gasteiger partial charge in [0.25, 0.3) is 0 Å². The van der Waals surface area contributed by atoms with Crippen LogP contribution in [0.4, 0.5) is 0 Å². The highest BCUT2D eigenvalue weighted by molar-refractivity contribution is 8.05. The van der Waals surface area contributed by atoms with E-state index in [4.69, 9.17) is 5.73 Å². The standard InChI is InChI=1S/C15H11NOS/c16-13(10-6-2-1-3-7-10)15-14(17)11-8-4-5-9-12(11)18-15/h1-9H,16H2/b15-13+. The molecule has 0 saturated carbocycles. The summed E-state index contributed by atoms with van der Waals surface area (Å²) in [5.41, 5.74) is 8.30. The molecule has 2 N–H and O–H groups in total. The van der Waals surface area contributed by atoms with E-state index in [-0.39, 0.29) is 5.78 Å². The number of fused-ring (bicyclic) bond motifs is 1. The van der Waals surface area contributed by atoms with Gasteiger partial charge in [-0.05, 0) is 17.7 Å². The van der Waals surface area contributed by atoms with E-state index in [2.05, 4.69) is 0 Å². The summed E-state index contributed by atoms with van der Waals surface area (Å²) < 4.78 is 0. The summed E-state index contributed by atoms with van der Waals surface area (Å²) in [5.74, 6) is 0.0250. The molecule has 0 unspecified atom stereocenters. The number of benzene rings is 2. The minimum atomic E-state index is 0.0250. The molecule has 18 heavy (non-hydrogen) atoms. The highest BCUT2D eigenvalue weighted by Gasteiger charge is 2.27. The van der Waals surface area contributed by atoms with Gasteiger partial charge in [-0.1, -0.05) is 54.2 Å². The highest BCUT2D eigenvalue weighted by Crippen LogP contribution is 2.41. The minimum absolute atomic E-state index is 0.0250. The van der Waals surface area contributed by atoms with Crippen LogP contribution in [0.1, 0.15) is 15.9 Å². The molecule has 3 rings (SSSR count). The maximum atomic E-state index is 12.3. The summed E-state index contributed by atoms with van der Waals surface area (Å²) in [6.45, 7) is 0. The van der Waals surface area contributed by atoms with Gasteiger partial charge in [0, 0.05) is 10.5 Å². The molecule has 1 aliphatic heterocycles. The number of hydrogen-bond acceptors (Lipinski definition) is 3. The molecule has 2 aromatic carbocycles. The largest absolute Gasteiger partial charge is 0.397 e. The molecule has 0 saturated heterocycles. The van der Waals surface area contributed by atoms with E-state index in [1.54, 1.807) is 0 Å². The molecule has 0 spiro atoms. The summed E-state index contributed by atoms with van der Waals surface area (Å²) in [5, 5.41) is 0. The number of carbonyl (C=O) groups excluding carboxylic acids is 1. The topological polar surface area (TPSA) is 43.1 Å². The lowest BCUT2D eigenvalue weighted by molar-refractivity contribution is 0.104. The predicted molar refractivity (Wildman–Crippen MR) is 74.2 cm³/mol. The van der Waals surface area contributed by atoms with E-state index in [0.29, 0.717) is 10.6 Å². The number of ketones is 1. The molecular weight excluding hydrogens is 242 g/mol. The third kappa shape index (κ3) is 1.73. The first-order valence-corrected chi connectivity index (χ1v) is 6.46. The third-order valence-electron chi connectivity index (χ3n) is 2.88. The monoisotopic (exact) mass is 253 g/mol. The van der Waals surface area contributed by atoms with Crippen molar-refractivity contribution in [1.29, 1.82) is 0 Å². The smallest absolute Gasteiger partial charge is 0.202 e. The molecule has 1 heterocycles. The molecule has 0 atom stereocenters. The Labute approximate surface area is 110 Å². The minimum Gasteiger partial charge on any atom is -0.397 e. The first-order valence-electron chi connectivity index (χ1n) is 5.64. The Hall–Kier alpha value is -2.00. The van der Waals surface area contributed by atoms with Crippen molar-refractivity contribution in [2.75, 3.05) is 0 Å². The van der Waals surface area contributed by atoms with Crippen LogP contribution in [-0.2, 0) is 0 Å². The van der Waals surface area contributed by atoms with Crippen LogP contribution in [0.5, 0.6) is 0 Å². The van der Waals surface area contributed by atoms with Crippen LogP contribution >= 0.6 is 11.8 Å². The van der Waals surface area contributed by atoms with Crippen molar-refractivity contribution in [2.24, 2.45) is 5.73 Å². The molecule has 0 radical (unpaired) electrons. The predicted octanol–water partition coefficient (Wildman–Crippen LogP) is 3.30. The Morgan fingerprint density at radius 3 is 2.33 bits per heavy atom. The number of nitrogens with two attached hydrogens (primary N) is 1. The van der Waals surface area contributed by atoms with E-state index < -0.39 is 0 Å². The lowest BCUT2D eigenvalue weighted by Gasteiger charge is -2.04. The number of carbonyl (C=O) groups is 1. The van der Waals surface area contributed by atoms with Crippen LogP contribution in [0, 0.1) is 0 Å². The van der Waals surface area contributed by atoms with Gasteiger partial charge < -0.3 is 5.73 Å². The van der Waals surface area contributed by atoms with E-state index in [1.807, 2.05) is 54.6 Å². The molecule has 2 nitrogen and oxygen atoms in total. The second-order valence-corrected chi connectivity index (χ2v) is 5.09. The average Bonchev–Trinajstić information content (AvgIpc) is 2.77. The number of Topliss-reactive ketones (excluding diaryl/α,β-unsaturated/α-hetero) is 1. The third-order valence-corrected chi connectivity index (χ3v) is 4.06. The fourth-order valence-electron chi connectivity index (χ4n) is 1.95. The van der Waals surface area contributed by atoms with Crippen LogP contribution in [0.15, 0.2) is 64.4 Å². The second kappa shape index (κ2) is 4.35. The van der Waals surface area contributed by atoms with E-state index in [0.717, 1.165) is 16.0 Å². The van der Waals surface area contributed by atoms with Crippen molar-refractivity contribution in [1.82, 2.24) is 0 Å². The lowest BCUT2D eigenvalue weighted by Crippen LogP contribution is -2.04. The van der Waals surface area contributed by atoms with E-state index in [1.165, 1.54) is 11.8 Å². The Balaban J connectivity index is 2.09. The van der Waals surface area contributed by atoms with Crippen molar-refractivity contribution in [3.05, 3.63) is 70.6 Å². The Morgan fingerprint density at radius 2 is 1.61 bits per heavy atom. The molecule has 0 bridgehead atoms. The normalized spacial score (nSPS) is 16.6. The molecule has 3 heteroatoms. The van der Waals surface area contributed by atoms with Gasteiger partial charge in [-0.2, -0.15) is 0 Å². The van der Waals surface area contributed by atoms with E-state index in [9.17, 15) is 4.79 Å². The van der Waals surface area contributed by atoms with Gasteiger partial charge in [0.15, 0.2) is 0 Å². The molecule has 0 amide bonds. The number of allylic oxidation sites excluding steroid dienone is 1. The molecule has 1 aliphatic rings. The Morgan fingerprint density at radius 1 is 0.944 bits per heavy atom. The van der Waals surface area contributed by atoms with Crippen molar-refractivity contribution in [3.63, 3.8) is 0 Å². The average molecular weight is 253 g/mol. The molecule has 0 fully saturated rings. The summed E-state index contributed by atoms with van der Waals surface area (Å²) >= 11 is 1.45. The molecule has 0 aromatic heterocycles.